The molecule has 2 aromatic rings. The Hall–Kier alpha value is -2.25. The Morgan fingerprint density at radius 2 is 2.18 bits per heavy atom. The molecule has 0 saturated carbocycles. The molecule has 1 amide bonds. The summed E-state index contributed by atoms with van der Waals surface area (Å²) in [7, 11) is 0. The smallest absolute Gasteiger partial charge is 0.292 e. The first-order chi connectivity index (χ1) is 10.6. The molecule has 1 aliphatic rings. The number of oxazole rings is 1. The SMILES string of the molecule is Nc1nc(C(=O)Nc2cc(N3CCNCC3)ccc2Cl)co1. The molecule has 0 unspecified atom stereocenters. The molecule has 22 heavy (non-hydrogen) atoms. The van der Waals surface area contributed by atoms with E-state index in [1.54, 1.807) is 6.07 Å². The van der Waals surface area contributed by atoms with Crippen molar-refractivity contribution in [2.75, 3.05) is 42.1 Å². The van der Waals surface area contributed by atoms with Crippen LogP contribution in [0.15, 0.2) is 28.9 Å². The number of anilines is 3. The summed E-state index contributed by atoms with van der Waals surface area (Å²) in [6.07, 6.45) is 1.21. The van der Waals surface area contributed by atoms with E-state index < -0.39 is 5.91 Å². The van der Waals surface area contributed by atoms with E-state index in [0.717, 1.165) is 31.9 Å². The fraction of sp³-hybridized carbons (Fsp3) is 0.286. The third-order valence-corrected chi connectivity index (χ3v) is 3.76. The van der Waals surface area contributed by atoms with Crippen LogP contribution < -0.4 is 21.3 Å². The van der Waals surface area contributed by atoms with Gasteiger partial charge in [-0.15, -0.1) is 0 Å². The Kier molecular flexibility index (Phi) is 4.17. The summed E-state index contributed by atoms with van der Waals surface area (Å²) < 4.78 is 4.83. The normalized spacial score (nSPS) is 14.9. The maximum absolute atomic E-state index is 12.1. The van der Waals surface area contributed by atoms with Gasteiger partial charge in [0.1, 0.15) is 6.26 Å². The molecule has 0 atom stereocenters. The first kappa shape index (κ1) is 14.7. The molecule has 3 rings (SSSR count). The second-order valence-corrected chi connectivity index (χ2v) is 5.33. The molecule has 0 spiro atoms. The number of carbonyl (C=O) groups is 1. The number of benzene rings is 1. The van der Waals surface area contributed by atoms with Crippen molar-refractivity contribution >= 4 is 34.9 Å². The number of rotatable bonds is 3. The fourth-order valence-corrected chi connectivity index (χ4v) is 2.47. The van der Waals surface area contributed by atoms with E-state index in [9.17, 15) is 4.79 Å². The van der Waals surface area contributed by atoms with Crippen molar-refractivity contribution in [3.63, 3.8) is 0 Å². The van der Waals surface area contributed by atoms with E-state index >= 15 is 0 Å². The highest BCUT2D eigenvalue weighted by Crippen LogP contribution is 2.28. The summed E-state index contributed by atoms with van der Waals surface area (Å²) in [5, 5.41) is 6.49. The number of hydrogen-bond donors (Lipinski definition) is 3. The number of amides is 1. The van der Waals surface area contributed by atoms with Gasteiger partial charge in [-0.2, -0.15) is 4.98 Å². The molecule has 0 radical (unpaired) electrons. The van der Waals surface area contributed by atoms with Crippen molar-refractivity contribution in [1.82, 2.24) is 10.3 Å². The maximum Gasteiger partial charge on any atom is 0.292 e. The summed E-state index contributed by atoms with van der Waals surface area (Å²) in [6.45, 7) is 3.69. The highest BCUT2D eigenvalue weighted by atomic mass is 35.5. The molecule has 2 heterocycles. The lowest BCUT2D eigenvalue weighted by Gasteiger charge is -2.29. The topological polar surface area (TPSA) is 96.4 Å². The minimum atomic E-state index is -0.417. The van der Waals surface area contributed by atoms with Crippen molar-refractivity contribution in [2.24, 2.45) is 0 Å². The number of hydrogen-bond acceptors (Lipinski definition) is 6. The van der Waals surface area contributed by atoms with Gasteiger partial charge in [-0.3, -0.25) is 4.79 Å². The lowest BCUT2D eigenvalue weighted by atomic mass is 10.2. The predicted octanol–water partition coefficient (Wildman–Crippen LogP) is 1.57. The summed E-state index contributed by atoms with van der Waals surface area (Å²) >= 11 is 6.16. The molecule has 4 N–H and O–H groups in total. The molecule has 8 heteroatoms. The lowest BCUT2D eigenvalue weighted by molar-refractivity contribution is 0.102. The van der Waals surface area contributed by atoms with Gasteiger partial charge in [0.15, 0.2) is 5.69 Å². The van der Waals surface area contributed by atoms with Crippen molar-refractivity contribution in [1.29, 1.82) is 0 Å². The summed E-state index contributed by atoms with van der Waals surface area (Å²) in [4.78, 5) is 18.1. The van der Waals surface area contributed by atoms with Crippen LogP contribution in [-0.4, -0.2) is 37.1 Å². The van der Waals surface area contributed by atoms with Crippen LogP contribution >= 0.6 is 11.6 Å². The monoisotopic (exact) mass is 321 g/mol. The average molecular weight is 322 g/mol. The number of halogens is 1. The Balaban J connectivity index is 1.79. The van der Waals surface area contributed by atoms with Crippen molar-refractivity contribution in [2.45, 2.75) is 0 Å². The van der Waals surface area contributed by atoms with Crippen LogP contribution in [0.25, 0.3) is 0 Å². The third kappa shape index (κ3) is 3.15. The molecule has 0 aliphatic carbocycles. The third-order valence-electron chi connectivity index (χ3n) is 3.43. The zero-order chi connectivity index (χ0) is 15.5. The molecule has 1 fully saturated rings. The predicted molar refractivity (Wildman–Crippen MR) is 85.4 cm³/mol. The van der Waals surface area contributed by atoms with Gasteiger partial charge in [0.05, 0.1) is 10.7 Å². The second-order valence-electron chi connectivity index (χ2n) is 4.93. The van der Waals surface area contributed by atoms with Crippen molar-refractivity contribution in [3.05, 3.63) is 35.2 Å². The number of nitrogen functional groups attached to an aromatic ring is 1. The van der Waals surface area contributed by atoms with Crippen LogP contribution in [0.3, 0.4) is 0 Å². The standard InChI is InChI=1S/C14H16ClN5O2/c15-10-2-1-9(20-5-3-17-4-6-20)7-11(10)18-13(21)12-8-22-14(16)19-12/h1-2,7-8,17H,3-6H2,(H2,16,19)(H,18,21). The molecule has 0 bridgehead atoms. The Bertz CT molecular complexity index is 682. The minimum absolute atomic E-state index is 0.0502. The van der Waals surface area contributed by atoms with Crippen LogP contribution in [0.4, 0.5) is 17.4 Å². The zero-order valence-corrected chi connectivity index (χ0v) is 12.6. The molecule has 1 aromatic carbocycles. The van der Waals surface area contributed by atoms with Crippen LogP contribution in [0.1, 0.15) is 10.5 Å². The van der Waals surface area contributed by atoms with E-state index in [4.69, 9.17) is 21.8 Å². The van der Waals surface area contributed by atoms with Crippen molar-refractivity contribution in [3.8, 4) is 0 Å². The van der Waals surface area contributed by atoms with E-state index in [-0.39, 0.29) is 11.7 Å². The van der Waals surface area contributed by atoms with E-state index in [2.05, 4.69) is 20.5 Å². The molecule has 1 saturated heterocycles. The van der Waals surface area contributed by atoms with Gasteiger partial charge in [0.25, 0.3) is 11.9 Å². The molecular formula is C14H16ClN5O2. The van der Waals surface area contributed by atoms with Crippen LogP contribution in [0.5, 0.6) is 0 Å². The molecular weight excluding hydrogens is 306 g/mol. The first-order valence-electron chi connectivity index (χ1n) is 6.91. The average Bonchev–Trinajstić information content (AvgIpc) is 2.97. The van der Waals surface area contributed by atoms with Gasteiger partial charge < -0.3 is 25.7 Å². The van der Waals surface area contributed by atoms with E-state index in [1.807, 2.05) is 12.1 Å². The molecule has 1 aromatic heterocycles. The Morgan fingerprint density at radius 1 is 1.41 bits per heavy atom. The Morgan fingerprint density at radius 3 is 2.86 bits per heavy atom. The fourth-order valence-electron chi connectivity index (χ4n) is 2.31. The zero-order valence-electron chi connectivity index (χ0n) is 11.8. The highest BCUT2D eigenvalue weighted by molar-refractivity contribution is 6.34. The Labute approximate surface area is 132 Å². The van der Waals surface area contributed by atoms with E-state index in [0.29, 0.717) is 10.7 Å². The van der Waals surface area contributed by atoms with Crippen LogP contribution in [0.2, 0.25) is 5.02 Å². The van der Waals surface area contributed by atoms with Gasteiger partial charge in [-0.25, -0.2) is 0 Å². The van der Waals surface area contributed by atoms with E-state index in [1.165, 1.54) is 6.26 Å². The number of carbonyl (C=O) groups excluding carboxylic acids is 1. The number of nitrogens with two attached hydrogens (primary N) is 1. The number of aromatic nitrogens is 1. The maximum atomic E-state index is 12.1. The summed E-state index contributed by atoms with van der Waals surface area (Å²) in [5.41, 5.74) is 7.02. The molecule has 7 nitrogen and oxygen atoms in total. The quantitative estimate of drug-likeness (QED) is 0.794. The number of piperazine rings is 1. The van der Waals surface area contributed by atoms with Crippen LogP contribution in [-0.2, 0) is 0 Å². The van der Waals surface area contributed by atoms with Gasteiger partial charge in [0.2, 0.25) is 0 Å². The first-order valence-corrected chi connectivity index (χ1v) is 7.29. The number of nitrogens with one attached hydrogen (secondary N) is 2. The van der Waals surface area contributed by atoms with Gasteiger partial charge in [-0.05, 0) is 18.2 Å². The largest absolute Gasteiger partial charge is 0.431 e. The molecule has 116 valence electrons. The number of nitrogens with zero attached hydrogens (tertiary/aromatic N) is 2. The van der Waals surface area contributed by atoms with Crippen LogP contribution in [0, 0.1) is 0 Å². The second kappa shape index (κ2) is 6.25. The van der Waals surface area contributed by atoms with Gasteiger partial charge in [0, 0.05) is 31.9 Å². The highest BCUT2D eigenvalue weighted by Gasteiger charge is 2.15. The summed E-state index contributed by atoms with van der Waals surface area (Å²) in [5.74, 6) is -0.417. The molecule has 1 aliphatic heterocycles. The van der Waals surface area contributed by atoms with Crippen molar-refractivity contribution < 1.29 is 9.21 Å². The van der Waals surface area contributed by atoms with Gasteiger partial charge in [-0.1, -0.05) is 11.6 Å². The minimum Gasteiger partial charge on any atom is -0.431 e. The lowest BCUT2D eigenvalue weighted by Crippen LogP contribution is -2.43. The van der Waals surface area contributed by atoms with Gasteiger partial charge >= 0.3 is 0 Å². The summed E-state index contributed by atoms with van der Waals surface area (Å²) in [6, 6.07) is 5.52.